The summed E-state index contributed by atoms with van der Waals surface area (Å²) in [6, 6.07) is 2.47. The van der Waals surface area contributed by atoms with E-state index in [9.17, 15) is 0 Å². The minimum Gasteiger partial charge on any atom is -0.369 e. The smallest absolute Gasteiger partial charge is 0.202 e. The summed E-state index contributed by atoms with van der Waals surface area (Å²) in [6.45, 7) is 4.34. The number of fused-ring (bicyclic) bond motifs is 1. The predicted molar refractivity (Wildman–Crippen MR) is 78.0 cm³/mol. The first-order valence-corrected chi connectivity index (χ1v) is 7.31. The van der Waals surface area contributed by atoms with Crippen molar-refractivity contribution in [1.29, 1.82) is 0 Å². The maximum absolute atomic E-state index is 6.18. The van der Waals surface area contributed by atoms with Gasteiger partial charge < -0.3 is 5.73 Å². The van der Waals surface area contributed by atoms with E-state index in [0.29, 0.717) is 17.9 Å². The lowest BCUT2D eigenvalue weighted by Gasteiger charge is -2.32. The first kappa shape index (κ1) is 12.5. The molecule has 2 heterocycles. The summed E-state index contributed by atoms with van der Waals surface area (Å²) in [5, 5.41) is 0. The van der Waals surface area contributed by atoms with Crippen molar-refractivity contribution in [3.05, 3.63) is 17.8 Å². The van der Waals surface area contributed by atoms with E-state index >= 15 is 0 Å². The van der Waals surface area contributed by atoms with E-state index in [1.54, 1.807) is 0 Å². The Labute approximate surface area is 114 Å². The number of imidazole rings is 1. The predicted octanol–water partition coefficient (Wildman–Crippen LogP) is 3.46. The van der Waals surface area contributed by atoms with Crippen molar-refractivity contribution < 1.29 is 0 Å². The molecular formula is C15H22N4. The Kier molecular flexibility index (Phi) is 3.17. The maximum atomic E-state index is 6.18. The zero-order chi connectivity index (χ0) is 13.4. The van der Waals surface area contributed by atoms with Gasteiger partial charge in [-0.3, -0.25) is 4.57 Å². The Morgan fingerprint density at radius 3 is 2.95 bits per heavy atom. The lowest BCUT2D eigenvalue weighted by atomic mass is 9.82. The summed E-state index contributed by atoms with van der Waals surface area (Å²) in [4.78, 5) is 9.06. The second-order valence-corrected chi connectivity index (χ2v) is 5.66. The van der Waals surface area contributed by atoms with Crippen LogP contribution in [-0.4, -0.2) is 14.5 Å². The molecular weight excluding hydrogens is 236 g/mol. The molecule has 19 heavy (non-hydrogen) atoms. The average molecular weight is 258 g/mol. The van der Waals surface area contributed by atoms with Crippen LogP contribution in [0.3, 0.4) is 0 Å². The van der Waals surface area contributed by atoms with E-state index in [0.717, 1.165) is 16.7 Å². The highest BCUT2D eigenvalue weighted by Gasteiger charge is 2.28. The highest BCUT2D eigenvalue weighted by molar-refractivity contribution is 5.77. The summed E-state index contributed by atoms with van der Waals surface area (Å²) < 4.78 is 2.19. The summed E-state index contributed by atoms with van der Waals surface area (Å²) in [5.41, 5.74) is 9.25. The van der Waals surface area contributed by atoms with Crippen LogP contribution in [0.4, 0.5) is 5.95 Å². The van der Waals surface area contributed by atoms with Crippen molar-refractivity contribution in [2.75, 3.05) is 5.73 Å². The number of aromatic nitrogens is 3. The van der Waals surface area contributed by atoms with Crippen LogP contribution in [0.2, 0.25) is 0 Å². The number of pyridine rings is 1. The van der Waals surface area contributed by atoms with Gasteiger partial charge in [-0.05, 0) is 37.3 Å². The quantitative estimate of drug-likeness (QED) is 0.897. The Balaban J connectivity index is 2.13. The van der Waals surface area contributed by atoms with E-state index in [4.69, 9.17) is 5.73 Å². The van der Waals surface area contributed by atoms with Gasteiger partial charge in [-0.25, -0.2) is 9.97 Å². The van der Waals surface area contributed by atoms with Crippen molar-refractivity contribution in [1.82, 2.24) is 14.5 Å². The van der Waals surface area contributed by atoms with Crippen LogP contribution < -0.4 is 5.73 Å². The van der Waals surface area contributed by atoms with Gasteiger partial charge in [0.15, 0.2) is 5.65 Å². The summed E-state index contributed by atoms with van der Waals surface area (Å²) in [5.74, 6) is 1.33. The highest BCUT2D eigenvalue weighted by Crippen LogP contribution is 2.39. The summed E-state index contributed by atoms with van der Waals surface area (Å²) >= 11 is 0. The van der Waals surface area contributed by atoms with E-state index in [-0.39, 0.29) is 0 Å². The summed E-state index contributed by atoms with van der Waals surface area (Å²) in [6.07, 6.45) is 8.19. The molecule has 0 bridgehead atoms. The largest absolute Gasteiger partial charge is 0.369 e. The molecule has 2 aromatic heterocycles. The van der Waals surface area contributed by atoms with Crippen LogP contribution >= 0.6 is 0 Å². The minimum atomic E-state index is 0.470. The normalized spacial score (nSPS) is 23.9. The molecule has 1 aliphatic rings. The number of aryl methyl sites for hydroxylation is 1. The molecule has 0 aliphatic heterocycles. The maximum Gasteiger partial charge on any atom is 0.202 e. The van der Waals surface area contributed by atoms with Crippen molar-refractivity contribution in [3.63, 3.8) is 0 Å². The van der Waals surface area contributed by atoms with Gasteiger partial charge in [0.25, 0.3) is 0 Å². The monoisotopic (exact) mass is 258 g/mol. The molecule has 1 aliphatic carbocycles. The average Bonchev–Trinajstić information content (AvgIpc) is 2.76. The molecule has 2 N–H and O–H groups in total. The fourth-order valence-electron chi connectivity index (χ4n) is 3.46. The van der Waals surface area contributed by atoms with Crippen molar-refractivity contribution in [2.24, 2.45) is 5.92 Å². The Hall–Kier alpha value is -1.58. The third kappa shape index (κ3) is 1.99. The van der Waals surface area contributed by atoms with Gasteiger partial charge in [-0.1, -0.05) is 26.2 Å². The zero-order valence-electron chi connectivity index (χ0n) is 11.8. The van der Waals surface area contributed by atoms with Gasteiger partial charge in [0.2, 0.25) is 5.95 Å². The van der Waals surface area contributed by atoms with Crippen LogP contribution in [0, 0.1) is 12.8 Å². The number of nitrogen functional groups attached to an aromatic ring is 1. The Morgan fingerprint density at radius 2 is 2.16 bits per heavy atom. The second-order valence-electron chi connectivity index (χ2n) is 5.66. The molecule has 0 aromatic carbocycles. The van der Waals surface area contributed by atoms with Crippen molar-refractivity contribution >= 4 is 17.1 Å². The van der Waals surface area contributed by atoms with E-state index in [2.05, 4.69) is 28.4 Å². The van der Waals surface area contributed by atoms with Crippen LogP contribution in [0.1, 0.15) is 50.6 Å². The number of anilines is 1. The lowest BCUT2D eigenvalue weighted by Crippen LogP contribution is -2.24. The van der Waals surface area contributed by atoms with Gasteiger partial charge in [-0.15, -0.1) is 0 Å². The van der Waals surface area contributed by atoms with E-state index in [1.165, 1.54) is 32.1 Å². The SMILES string of the molecule is CCC1CCCCC1n1c(N)nc2c(C)ccnc21. The van der Waals surface area contributed by atoms with Gasteiger partial charge in [0.1, 0.15) is 5.52 Å². The fourth-order valence-corrected chi connectivity index (χ4v) is 3.46. The molecule has 1 fully saturated rings. The number of rotatable bonds is 2. The standard InChI is InChI=1S/C15H22N4/c1-3-11-6-4-5-7-12(11)19-14-13(18-15(19)16)10(2)8-9-17-14/h8-9,11-12H,3-7H2,1-2H3,(H2,16,18). The van der Waals surface area contributed by atoms with Crippen LogP contribution in [-0.2, 0) is 0 Å². The number of nitrogens with two attached hydrogens (primary N) is 1. The molecule has 2 atom stereocenters. The lowest BCUT2D eigenvalue weighted by molar-refractivity contribution is 0.238. The molecule has 0 radical (unpaired) electrons. The third-order valence-electron chi connectivity index (χ3n) is 4.53. The molecule has 3 rings (SSSR count). The fraction of sp³-hybridized carbons (Fsp3) is 0.600. The Morgan fingerprint density at radius 1 is 1.37 bits per heavy atom. The van der Waals surface area contributed by atoms with Gasteiger partial charge in [-0.2, -0.15) is 0 Å². The molecule has 102 valence electrons. The molecule has 0 saturated heterocycles. The molecule has 4 heteroatoms. The first-order valence-electron chi connectivity index (χ1n) is 7.31. The minimum absolute atomic E-state index is 0.470. The molecule has 0 spiro atoms. The number of hydrogen-bond acceptors (Lipinski definition) is 3. The Bertz CT molecular complexity index is 587. The van der Waals surface area contributed by atoms with Crippen molar-refractivity contribution in [3.8, 4) is 0 Å². The van der Waals surface area contributed by atoms with Crippen LogP contribution in [0.5, 0.6) is 0 Å². The topological polar surface area (TPSA) is 56.7 Å². The van der Waals surface area contributed by atoms with E-state index < -0.39 is 0 Å². The van der Waals surface area contributed by atoms with Gasteiger partial charge in [0, 0.05) is 12.2 Å². The van der Waals surface area contributed by atoms with Gasteiger partial charge in [0.05, 0.1) is 0 Å². The molecule has 0 amide bonds. The number of nitrogens with zero attached hydrogens (tertiary/aromatic N) is 3. The van der Waals surface area contributed by atoms with Crippen LogP contribution in [0.15, 0.2) is 12.3 Å². The third-order valence-corrected chi connectivity index (χ3v) is 4.53. The molecule has 2 unspecified atom stereocenters. The molecule has 2 aromatic rings. The number of hydrogen-bond donors (Lipinski definition) is 1. The van der Waals surface area contributed by atoms with Crippen molar-refractivity contribution in [2.45, 2.75) is 52.0 Å². The van der Waals surface area contributed by atoms with Crippen LogP contribution in [0.25, 0.3) is 11.2 Å². The second kappa shape index (κ2) is 4.83. The highest BCUT2D eigenvalue weighted by atomic mass is 15.2. The zero-order valence-corrected chi connectivity index (χ0v) is 11.8. The first-order chi connectivity index (χ1) is 9.22. The summed E-state index contributed by atoms with van der Waals surface area (Å²) in [7, 11) is 0. The van der Waals surface area contributed by atoms with Gasteiger partial charge >= 0.3 is 0 Å². The molecule has 4 nitrogen and oxygen atoms in total. The van der Waals surface area contributed by atoms with E-state index in [1.807, 2.05) is 12.3 Å². The molecule has 1 saturated carbocycles.